The van der Waals surface area contributed by atoms with Crippen molar-refractivity contribution in [3.05, 3.63) is 33.0 Å². The van der Waals surface area contributed by atoms with Crippen LogP contribution in [0.5, 0.6) is 0 Å². The molecule has 0 aliphatic carbocycles. The van der Waals surface area contributed by atoms with E-state index in [1.165, 1.54) is 12.3 Å². The second-order valence-corrected chi connectivity index (χ2v) is 3.76. The molecule has 0 spiro atoms. The van der Waals surface area contributed by atoms with Gasteiger partial charge in [-0.05, 0) is 15.9 Å². The molecule has 14 heavy (non-hydrogen) atoms. The van der Waals surface area contributed by atoms with Crippen molar-refractivity contribution in [1.82, 2.24) is 9.55 Å². The second-order valence-electron chi connectivity index (χ2n) is 2.91. The maximum atomic E-state index is 10.5. The van der Waals surface area contributed by atoms with E-state index in [1.807, 2.05) is 17.8 Å². The van der Waals surface area contributed by atoms with Crippen molar-refractivity contribution >= 4 is 32.7 Å². The van der Waals surface area contributed by atoms with Crippen LogP contribution in [0.1, 0.15) is 0 Å². The van der Waals surface area contributed by atoms with Gasteiger partial charge >= 0.3 is 0 Å². The molecular formula is C8H6BrN3O2. The number of nitro groups is 1. The highest BCUT2D eigenvalue weighted by atomic mass is 79.9. The van der Waals surface area contributed by atoms with E-state index in [4.69, 9.17) is 0 Å². The summed E-state index contributed by atoms with van der Waals surface area (Å²) in [5.74, 6) is 0. The zero-order valence-electron chi connectivity index (χ0n) is 7.27. The first kappa shape index (κ1) is 9.14. The molecule has 0 bridgehead atoms. The Morgan fingerprint density at radius 1 is 1.64 bits per heavy atom. The topological polar surface area (TPSA) is 61.0 Å². The summed E-state index contributed by atoms with van der Waals surface area (Å²) in [4.78, 5) is 14.1. The molecule has 0 N–H and O–H groups in total. The SMILES string of the molecule is Cn1cc(Br)c2cc([N+](=O)[O-])cnc21. The quantitative estimate of drug-likeness (QED) is 0.580. The minimum absolute atomic E-state index is 0.00407. The average molecular weight is 256 g/mol. The van der Waals surface area contributed by atoms with Crippen LogP contribution >= 0.6 is 15.9 Å². The number of nitrogens with zero attached hydrogens (tertiary/aromatic N) is 3. The zero-order valence-corrected chi connectivity index (χ0v) is 8.85. The lowest BCUT2D eigenvalue weighted by Crippen LogP contribution is -1.91. The fourth-order valence-electron chi connectivity index (χ4n) is 1.30. The Kier molecular flexibility index (Phi) is 1.99. The third kappa shape index (κ3) is 1.27. The highest BCUT2D eigenvalue weighted by Gasteiger charge is 2.11. The number of aryl methyl sites for hydroxylation is 1. The van der Waals surface area contributed by atoms with E-state index in [0.717, 1.165) is 15.5 Å². The summed E-state index contributed by atoms with van der Waals surface area (Å²) in [6.45, 7) is 0. The van der Waals surface area contributed by atoms with Crippen LogP contribution in [-0.2, 0) is 7.05 Å². The third-order valence-corrected chi connectivity index (χ3v) is 2.59. The molecular weight excluding hydrogens is 250 g/mol. The Hall–Kier alpha value is -1.43. The van der Waals surface area contributed by atoms with Gasteiger partial charge in [0.25, 0.3) is 5.69 Å². The van der Waals surface area contributed by atoms with Crippen LogP contribution in [0.25, 0.3) is 11.0 Å². The van der Waals surface area contributed by atoms with E-state index in [9.17, 15) is 10.1 Å². The molecule has 0 aromatic carbocycles. The van der Waals surface area contributed by atoms with Gasteiger partial charge in [0.1, 0.15) is 11.8 Å². The van der Waals surface area contributed by atoms with Gasteiger partial charge in [-0.15, -0.1) is 0 Å². The van der Waals surface area contributed by atoms with Gasteiger partial charge in [0.2, 0.25) is 0 Å². The predicted molar refractivity (Wildman–Crippen MR) is 55.1 cm³/mol. The monoisotopic (exact) mass is 255 g/mol. The predicted octanol–water partition coefficient (Wildman–Crippen LogP) is 2.24. The van der Waals surface area contributed by atoms with Gasteiger partial charge in [-0.25, -0.2) is 4.98 Å². The van der Waals surface area contributed by atoms with Crippen molar-refractivity contribution in [3.8, 4) is 0 Å². The van der Waals surface area contributed by atoms with Gasteiger partial charge in [-0.2, -0.15) is 0 Å². The fraction of sp³-hybridized carbons (Fsp3) is 0.125. The summed E-state index contributed by atoms with van der Waals surface area (Å²) in [5, 5.41) is 11.3. The normalized spacial score (nSPS) is 10.7. The molecule has 0 saturated heterocycles. The molecule has 2 rings (SSSR count). The summed E-state index contributed by atoms with van der Waals surface area (Å²) in [6.07, 6.45) is 3.08. The van der Waals surface area contributed by atoms with Crippen molar-refractivity contribution in [1.29, 1.82) is 0 Å². The Labute approximate surface area is 87.6 Å². The van der Waals surface area contributed by atoms with Crippen molar-refractivity contribution in [2.24, 2.45) is 7.05 Å². The molecule has 2 aromatic heterocycles. The molecule has 0 saturated carbocycles. The minimum atomic E-state index is -0.453. The van der Waals surface area contributed by atoms with Crippen LogP contribution in [0.3, 0.4) is 0 Å². The van der Waals surface area contributed by atoms with Gasteiger partial charge in [-0.1, -0.05) is 0 Å². The first-order valence-electron chi connectivity index (χ1n) is 3.84. The van der Waals surface area contributed by atoms with Crippen molar-refractivity contribution in [3.63, 3.8) is 0 Å². The second kappa shape index (κ2) is 3.06. The van der Waals surface area contributed by atoms with Crippen molar-refractivity contribution < 1.29 is 4.92 Å². The van der Waals surface area contributed by atoms with Crippen molar-refractivity contribution in [2.45, 2.75) is 0 Å². The Morgan fingerprint density at radius 2 is 2.36 bits per heavy atom. The van der Waals surface area contributed by atoms with E-state index in [1.54, 1.807) is 0 Å². The van der Waals surface area contributed by atoms with Crippen LogP contribution < -0.4 is 0 Å². The molecule has 5 nitrogen and oxygen atoms in total. The molecule has 0 aliphatic heterocycles. The fourth-order valence-corrected chi connectivity index (χ4v) is 1.90. The zero-order chi connectivity index (χ0) is 10.3. The molecule has 2 aromatic rings. The number of aromatic nitrogens is 2. The van der Waals surface area contributed by atoms with Crippen LogP contribution in [0.15, 0.2) is 22.9 Å². The number of hydrogen-bond acceptors (Lipinski definition) is 3. The highest BCUT2D eigenvalue weighted by molar-refractivity contribution is 9.10. The largest absolute Gasteiger partial charge is 0.334 e. The Bertz CT molecular complexity index is 521. The number of pyridine rings is 1. The van der Waals surface area contributed by atoms with Crippen LogP contribution in [0.4, 0.5) is 5.69 Å². The van der Waals surface area contributed by atoms with Gasteiger partial charge in [0, 0.05) is 29.2 Å². The average Bonchev–Trinajstić information content (AvgIpc) is 2.42. The lowest BCUT2D eigenvalue weighted by molar-refractivity contribution is -0.385. The standard InChI is InChI=1S/C8H6BrN3O2/c1-11-4-7(9)6-2-5(12(13)14)3-10-8(6)11/h2-4H,1H3. The molecule has 0 atom stereocenters. The first-order valence-corrected chi connectivity index (χ1v) is 4.64. The van der Waals surface area contributed by atoms with Crippen molar-refractivity contribution in [2.75, 3.05) is 0 Å². The molecule has 2 heterocycles. The molecule has 0 unspecified atom stereocenters. The maximum absolute atomic E-state index is 10.5. The van der Waals surface area contributed by atoms with Gasteiger partial charge in [0.05, 0.1) is 4.92 Å². The Morgan fingerprint density at radius 3 is 3.00 bits per heavy atom. The van der Waals surface area contributed by atoms with E-state index < -0.39 is 4.92 Å². The summed E-state index contributed by atoms with van der Waals surface area (Å²) in [5.41, 5.74) is 0.729. The summed E-state index contributed by atoms with van der Waals surface area (Å²) in [7, 11) is 1.84. The molecule has 0 radical (unpaired) electrons. The van der Waals surface area contributed by atoms with Crippen LogP contribution in [0.2, 0.25) is 0 Å². The van der Waals surface area contributed by atoms with E-state index in [0.29, 0.717) is 0 Å². The number of halogens is 1. The lowest BCUT2D eigenvalue weighted by atomic mass is 10.3. The smallest absolute Gasteiger partial charge is 0.288 e. The van der Waals surface area contributed by atoms with E-state index in [-0.39, 0.29) is 5.69 Å². The molecule has 0 aliphatic rings. The lowest BCUT2D eigenvalue weighted by Gasteiger charge is -1.94. The Balaban J connectivity index is 2.77. The number of hydrogen-bond donors (Lipinski definition) is 0. The van der Waals surface area contributed by atoms with E-state index in [2.05, 4.69) is 20.9 Å². The first-order chi connectivity index (χ1) is 6.59. The van der Waals surface area contributed by atoms with Gasteiger partial charge < -0.3 is 4.57 Å². The maximum Gasteiger partial charge on any atom is 0.288 e. The summed E-state index contributed by atoms with van der Waals surface area (Å²) >= 11 is 3.32. The molecule has 6 heteroatoms. The van der Waals surface area contributed by atoms with Crippen LogP contribution in [0, 0.1) is 10.1 Å². The molecule has 0 fully saturated rings. The summed E-state index contributed by atoms with van der Waals surface area (Å²) < 4.78 is 2.62. The number of fused-ring (bicyclic) bond motifs is 1. The third-order valence-electron chi connectivity index (χ3n) is 1.96. The van der Waals surface area contributed by atoms with Gasteiger partial charge in [-0.3, -0.25) is 10.1 Å². The minimum Gasteiger partial charge on any atom is -0.334 e. The van der Waals surface area contributed by atoms with Gasteiger partial charge in [0.15, 0.2) is 0 Å². The van der Waals surface area contributed by atoms with Crippen LogP contribution in [-0.4, -0.2) is 14.5 Å². The van der Waals surface area contributed by atoms with E-state index >= 15 is 0 Å². The molecule has 72 valence electrons. The highest BCUT2D eigenvalue weighted by Crippen LogP contribution is 2.26. The summed E-state index contributed by atoms with van der Waals surface area (Å²) in [6, 6.07) is 1.51. The molecule has 0 amide bonds. The number of rotatable bonds is 1.